The molecular formula is C20H21N3O6. The van der Waals surface area contributed by atoms with Gasteiger partial charge in [-0.25, -0.2) is 0 Å². The Morgan fingerprint density at radius 2 is 1.97 bits per heavy atom. The highest BCUT2D eigenvalue weighted by Gasteiger charge is 2.38. The Hall–Kier alpha value is -3.62. The van der Waals surface area contributed by atoms with Gasteiger partial charge in [0.05, 0.1) is 23.8 Å². The predicted molar refractivity (Wildman–Crippen MR) is 106 cm³/mol. The molecule has 0 fully saturated rings. The van der Waals surface area contributed by atoms with E-state index in [1.54, 1.807) is 45.2 Å². The number of hydrogen-bond donors (Lipinski definition) is 1. The molecule has 1 unspecified atom stereocenters. The number of hydrogen-bond acceptors (Lipinski definition) is 6. The number of nitro benzene ring substituents is 1. The van der Waals surface area contributed by atoms with Crippen LogP contribution in [0, 0.1) is 16.0 Å². The van der Waals surface area contributed by atoms with Gasteiger partial charge < -0.3 is 14.8 Å². The number of nitro groups is 1. The third-order valence-electron chi connectivity index (χ3n) is 4.49. The van der Waals surface area contributed by atoms with Crippen LogP contribution in [-0.4, -0.2) is 36.5 Å². The first kappa shape index (κ1) is 20.1. The molecule has 2 amide bonds. The summed E-state index contributed by atoms with van der Waals surface area (Å²) in [6, 6.07) is 10.8. The van der Waals surface area contributed by atoms with Crippen LogP contribution in [0.5, 0.6) is 11.5 Å². The van der Waals surface area contributed by atoms with Gasteiger partial charge in [-0.15, -0.1) is 0 Å². The molecule has 2 aromatic carbocycles. The third-order valence-corrected chi connectivity index (χ3v) is 4.49. The van der Waals surface area contributed by atoms with Gasteiger partial charge in [0.2, 0.25) is 5.91 Å². The van der Waals surface area contributed by atoms with Crippen molar-refractivity contribution in [3.8, 4) is 11.5 Å². The van der Waals surface area contributed by atoms with E-state index in [0.717, 1.165) is 0 Å². The molecule has 1 aliphatic heterocycles. The normalized spacial score (nSPS) is 15.5. The summed E-state index contributed by atoms with van der Waals surface area (Å²) in [6.45, 7) is 3.36. The number of carbonyl (C=O) groups is 2. The number of ether oxygens (including phenoxy) is 2. The largest absolute Gasteiger partial charge is 0.497 e. The van der Waals surface area contributed by atoms with Crippen LogP contribution in [0.4, 0.5) is 17.1 Å². The highest BCUT2D eigenvalue weighted by atomic mass is 16.6. The fourth-order valence-electron chi connectivity index (χ4n) is 3.00. The Bertz CT molecular complexity index is 942. The van der Waals surface area contributed by atoms with Crippen molar-refractivity contribution < 1.29 is 24.0 Å². The molecule has 152 valence electrons. The van der Waals surface area contributed by atoms with Crippen LogP contribution in [0.2, 0.25) is 0 Å². The maximum absolute atomic E-state index is 12.9. The van der Waals surface area contributed by atoms with Crippen molar-refractivity contribution in [2.24, 2.45) is 5.92 Å². The van der Waals surface area contributed by atoms with E-state index in [9.17, 15) is 19.7 Å². The van der Waals surface area contributed by atoms with E-state index < -0.39 is 16.9 Å². The number of rotatable bonds is 6. The van der Waals surface area contributed by atoms with Gasteiger partial charge in [0.15, 0.2) is 11.9 Å². The SMILES string of the molecule is COc1ccc(NC(=O)CN2C(=O)C(C(C)C)Oc3cc([N+](=O)[O-])ccc32)cc1. The van der Waals surface area contributed by atoms with Crippen LogP contribution in [-0.2, 0) is 9.59 Å². The van der Waals surface area contributed by atoms with Gasteiger partial charge in [-0.1, -0.05) is 13.8 Å². The van der Waals surface area contributed by atoms with Crippen molar-refractivity contribution in [1.82, 2.24) is 0 Å². The molecule has 1 atom stereocenters. The minimum Gasteiger partial charge on any atom is -0.497 e. The first-order valence-corrected chi connectivity index (χ1v) is 9.00. The van der Waals surface area contributed by atoms with Crippen molar-refractivity contribution in [1.29, 1.82) is 0 Å². The topological polar surface area (TPSA) is 111 Å². The Labute approximate surface area is 167 Å². The number of carbonyl (C=O) groups excluding carboxylic acids is 2. The first-order chi connectivity index (χ1) is 13.8. The summed E-state index contributed by atoms with van der Waals surface area (Å²) in [6.07, 6.45) is -0.835. The van der Waals surface area contributed by atoms with E-state index in [1.807, 2.05) is 0 Å². The molecule has 0 bridgehead atoms. The zero-order valence-corrected chi connectivity index (χ0v) is 16.2. The van der Waals surface area contributed by atoms with Gasteiger partial charge in [0, 0.05) is 11.8 Å². The highest BCUT2D eigenvalue weighted by Crippen LogP contribution is 2.38. The van der Waals surface area contributed by atoms with Crippen molar-refractivity contribution in [3.05, 3.63) is 52.6 Å². The van der Waals surface area contributed by atoms with E-state index in [1.165, 1.54) is 23.1 Å². The molecule has 29 heavy (non-hydrogen) atoms. The van der Waals surface area contributed by atoms with Crippen LogP contribution in [0.3, 0.4) is 0 Å². The molecule has 9 heteroatoms. The van der Waals surface area contributed by atoms with Gasteiger partial charge in [0.1, 0.15) is 12.3 Å². The summed E-state index contributed by atoms with van der Waals surface area (Å²) in [5.74, 6) is -0.0954. The Morgan fingerprint density at radius 1 is 1.28 bits per heavy atom. The molecule has 0 radical (unpaired) electrons. The number of amides is 2. The smallest absolute Gasteiger partial charge is 0.273 e. The summed E-state index contributed by atoms with van der Waals surface area (Å²) in [5.41, 5.74) is 0.728. The van der Waals surface area contributed by atoms with E-state index in [0.29, 0.717) is 17.1 Å². The van der Waals surface area contributed by atoms with Gasteiger partial charge in [-0.2, -0.15) is 0 Å². The third kappa shape index (κ3) is 4.29. The summed E-state index contributed by atoms with van der Waals surface area (Å²) in [5, 5.41) is 13.8. The fraction of sp³-hybridized carbons (Fsp3) is 0.300. The van der Waals surface area contributed by atoms with Crippen molar-refractivity contribution in [3.63, 3.8) is 0 Å². The first-order valence-electron chi connectivity index (χ1n) is 9.00. The minimum atomic E-state index is -0.835. The molecule has 0 saturated heterocycles. The number of non-ortho nitro benzene ring substituents is 1. The number of fused-ring (bicyclic) bond motifs is 1. The lowest BCUT2D eigenvalue weighted by atomic mass is 10.0. The second kappa shape index (κ2) is 8.17. The molecule has 1 aliphatic rings. The molecule has 0 saturated carbocycles. The van der Waals surface area contributed by atoms with Crippen molar-refractivity contribution in [2.75, 3.05) is 23.9 Å². The molecule has 9 nitrogen and oxygen atoms in total. The van der Waals surface area contributed by atoms with E-state index >= 15 is 0 Å². The Kier molecular flexibility index (Phi) is 5.67. The van der Waals surface area contributed by atoms with Gasteiger partial charge in [-0.05, 0) is 36.2 Å². The molecular weight excluding hydrogens is 378 g/mol. The summed E-state index contributed by atoms with van der Waals surface area (Å²) >= 11 is 0. The average molecular weight is 399 g/mol. The summed E-state index contributed by atoms with van der Waals surface area (Å²) < 4.78 is 10.8. The zero-order valence-electron chi connectivity index (χ0n) is 16.2. The second-order valence-electron chi connectivity index (χ2n) is 6.89. The minimum absolute atomic E-state index is 0.150. The Morgan fingerprint density at radius 3 is 2.55 bits per heavy atom. The lowest BCUT2D eigenvalue weighted by Crippen LogP contribution is -2.50. The molecule has 1 N–H and O–H groups in total. The number of nitrogens with zero attached hydrogens (tertiary/aromatic N) is 2. The van der Waals surface area contributed by atoms with Crippen LogP contribution in [0.15, 0.2) is 42.5 Å². The quantitative estimate of drug-likeness (QED) is 0.590. The maximum Gasteiger partial charge on any atom is 0.273 e. The number of methoxy groups -OCH3 is 1. The number of nitrogens with one attached hydrogen (secondary N) is 1. The van der Waals surface area contributed by atoms with Crippen molar-refractivity contribution in [2.45, 2.75) is 20.0 Å². The highest BCUT2D eigenvalue weighted by molar-refractivity contribution is 6.06. The van der Waals surface area contributed by atoms with Crippen LogP contribution < -0.4 is 19.7 Å². The van der Waals surface area contributed by atoms with Gasteiger partial charge in [-0.3, -0.25) is 24.6 Å². The van der Waals surface area contributed by atoms with Crippen LogP contribution in [0.25, 0.3) is 0 Å². The molecule has 2 aromatic rings. The second-order valence-corrected chi connectivity index (χ2v) is 6.89. The molecule has 0 aliphatic carbocycles. The lowest BCUT2D eigenvalue weighted by Gasteiger charge is -2.35. The van der Waals surface area contributed by atoms with Crippen LogP contribution in [0.1, 0.15) is 13.8 Å². The summed E-state index contributed by atoms with van der Waals surface area (Å²) in [4.78, 5) is 37.3. The average Bonchev–Trinajstić information content (AvgIpc) is 2.69. The van der Waals surface area contributed by atoms with E-state index in [-0.39, 0.29) is 29.8 Å². The maximum atomic E-state index is 12.9. The molecule has 0 aromatic heterocycles. The predicted octanol–water partition coefficient (Wildman–Crippen LogP) is 2.99. The zero-order chi connectivity index (χ0) is 21.1. The van der Waals surface area contributed by atoms with Crippen molar-refractivity contribution >= 4 is 28.9 Å². The Balaban J connectivity index is 1.85. The molecule has 3 rings (SSSR count). The monoisotopic (exact) mass is 399 g/mol. The molecule has 1 heterocycles. The standard InChI is InChI=1S/C20H21N3O6/c1-12(2)19-20(25)22(16-9-6-14(23(26)27)10-17(16)29-19)11-18(24)21-13-4-7-15(28-3)8-5-13/h4-10,12,19H,11H2,1-3H3,(H,21,24). The van der Waals surface area contributed by atoms with Gasteiger partial charge in [0.25, 0.3) is 11.6 Å². The number of anilines is 2. The molecule has 0 spiro atoms. The van der Waals surface area contributed by atoms with E-state index in [2.05, 4.69) is 5.32 Å². The lowest BCUT2D eigenvalue weighted by molar-refractivity contribution is -0.384. The van der Waals surface area contributed by atoms with Gasteiger partial charge >= 0.3 is 0 Å². The van der Waals surface area contributed by atoms with E-state index in [4.69, 9.17) is 9.47 Å². The number of benzene rings is 2. The van der Waals surface area contributed by atoms with Crippen LogP contribution >= 0.6 is 0 Å². The fourth-order valence-corrected chi connectivity index (χ4v) is 3.00. The summed E-state index contributed by atoms with van der Waals surface area (Å²) in [7, 11) is 1.55.